The molecule has 0 N–H and O–H groups in total. The Morgan fingerprint density at radius 2 is 1.35 bits per heavy atom. The van der Waals surface area contributed by atoms with Crippen LogP contribution in [0.4, 0.5) is 0 Å². The third-order valence-corrected chi connectivity index (χ3v) is 6.26. The second-order valence-corrected chi connectivity index (χ2v) is 7.27. The molecule has 0 aliphatic heterocycles. The highest BCUT2D eigenvalue weighted by Crippen LogP contribution is 2.37. The number of hydrogen-bond acceptors (Lipinski definition) is 6. The van der Waals surface area contributed by atoms with Crippen molar-refractivity contribution in [2.75, 3.05) is 41.2 Å². The number of ether oxygens (including phenoxy) is 3. The van der Waals surface area contributed by atoms with Crippen molar-refractivity contribution >= 4 is 8.80 Å². The van der Waals surface area contributed by atoms with Crippen LogP contribution in [0.1, 0.15) is 26.3 Å². The van der Waals surface area contributed by atoms with Crippen molar-refractivity contribution in [1.29, 1.82) is 0 Å². The van der Waals surface area contributed by atoms with Gasteiger partial charge in [-0.1, -0.05) is 0 Å². The normalized spacial score (nSPS) is 11.4. The standard InChI is InChI=1S/C16H28O6Si/c1-7-20-23(21-8-2,22-9-3)12-13-10-14(17-4)11-15(18-5)16(13)19-6/h10-11H,7-9,12H2,1-6H3. The zero-order valence-corrected chi connectivity index (χ0v) is 15.9. The van der Waals surface area contributed by atoms with Gasteiger partial charge in [-0.3, -0.25) is 0 Å². The lowest BCUT2D eigenvalue weighted by Crippen LogP contribution is -2.48. The van der Waals surface area contributed by atoms with Crippen LogP contribution >= 0.6 is 0 Å². The summed E-state index contributed by atoms with van der Waals surface area (Å²) in [6, 6.07) is 4.17. The molecular weight excluding hydrogens is 316 g/mol. The van der Waals surface area contributed by atoms with Crippen molar-refractivity contribution in [3.8, 4) is 17.2 Å². The molecular formula is C16H28O6Si. The number of benzene rings is 1. The SMILES string of the molecule is CCO[Si](Cc1cc(OC)cc(OC)c1OC)(OCC)OCC. The summed E-state index contributed by atoms with van der Waals surface area (Å²) in [5.41, 5.74) is 0.880. The van der Waals surface area contributed by atoms with Crippen LogP contribution in [0.2, 0.25) is 0 Å². The van der Waals surface area contributed by atoms with Gasteiger partial charge < -0.3 is 27.5 Å². The van der Waals surface area contributed by atoms with Gasteiger partial charge in [-0.25, -0.2) is 0 Å². The van der Waals surface area contributed by atoms with E-state index in [4.69, 9.17) is 27.5 Å². The quantitative estimate of drug-likeness (QED) is 0.575. The van der Waals surface area contributed by atoms with Gasteiger partial charge in [0.25, 0.3) is 0 Å². The van der Waals surface area contributed by atoms with Crippen LogP contribution in [0.5, 0.6) is 17.2 Å². The Morgan fingerprint density at radius 3 is 1.74 bits per heavy atom. The van der Waals surface area contributed by atoms with Gasteiger partial charge in [0, 0.05) is 37.5 Å². The minimum Gasteiger partial charge on any atom is -0.497 e. The molecule has 1 rings (SSSR count). The van der Waals surface area contributed by atoms with Gasteiger partial charge >= 0.3 is 8.80 Å². The summed E-state index contributed by atoms with van der Waals surface area (Å²) in [6.07, 6.45) is 0. The monoisotopic (exact) mass is 344 g/mol. The van der Waals surface area contributed by atoms with Crippen molar-refractivity contribution < 1.29 is 27.5 Å². The summed E-state index contributed by atoms with van der Waals surface area (Å²) in [5, 5.41) is 0. The van der Waals surface area contributed by atoms with Crippen molar-refractivity contribution in [2.45, 2.75) is 26.8 Å². The maximum atomic E-state index is 5.92. The van der Waals surface area contributed by atoms with Crippen molar-refractivity contribution in [1.82, 2.24) is 0 Å². The van der Waals surface area contributed by atoms with Crippen molar-refractivity contribution in [3.05, 3.63) is 17.7 Å². The molecule has 0 atom stereocenters. The molecule has 0 heterocycles. The predicted molar refractivity (Wildman–Crippen MR) is 90.4 cm³/mol. The van der Waals surface area contributed by atoms with Crippen LogP contribution in [0, 0.1) is 0 Å². The van der Waals surface area contributed by atoms with Gasteiger partial charge in [0.05, 0.1) is 21.3 Å². The largest absolute Gasteiger partial charge is 0.505 e. The second kappa shape index (κ2) is 9.77. The number of hydrogen-bond donors (Lipinski definition) is 0. The first-order valence-electron chi connectivity index (χ1n) is 7.80. The fraction of sp³-hybridized carbons (Fsp3) is 0.625. The summed E-state index contributed by atoms with van der Waals surface area (Å²) in [4.78, 5) is 0. The highest BCUT2D eigenvalue weighted by molar-refractivity contribution is 6.60. The molecule has 0 aromatic heterocycles. The molecule has 0 bridgehead atoms. The van der Waals surface area contributed by atoms with E-state index >= 15 is 0 Å². The van der Waals surface area contributed by atoms with Gasteiger partial charge in [-0.15, -0.1) is 0 Å². The summed E-state index contributed by atoms with van der Waals surface area (Å²) in [7, 11) is 1.97. The van der Waals surface area contributed by atoms with E-state index in [-0.39, 0.29) is 0 Å². The summed E-state index contributed by atoms with van der Waals surface area (Å²) in [5.74, 6) is 1.93. The first kappa shape index (κ1) is 19.8. The molecule has 0 amide bonds. The minimum atomic E-state index is -2.85. The lowest BCUT2D eigenvalue weighted by Gasteiger charge is -2.29. The van der Waals surface area contributed by atoms with Gasteiger partial charge in [0.1, 0.15) is 5.75 Å². The smallest absolute Gasteiger partial charge is 0.497 e. The zero-order chi connectivity index (χ0) is 17.3. The predicted octanol–water partition coefficient (Wildman–Crippen LogP) is 2.84. The molecule has 0 aliphatic rings. The Balaban J connectivity index is 3.29. The van der Waals surface area contributed by atoms with Crippen molar-refractivity contribution in [2.24, 2.45) is 0 Å². The topological polar surface area (TPSA) is 55.4 Å². The molecule has 0 saturated carbocycles. The lowest BCUT2D eigenvalue weighted by atomic mass is 10.2. The molecule has 0 radical (unpaired) electrons. The molecule has 1 aromatic carbocycles. The minimum absolute atomic E-state index is 0.485. The van der Waals surface area contributed by atoms with E-state index in [0.717, 1.165) is 5.56 Å². The van der Waals surface area contributed by atoms with E-state index in [9.17, 15) is 0 Å². The van der Waals surface area contributed by atoms with E-state index in [2.05, 4.69) is 0 Å². The van der Waals surface area contributed by atoms with Gasteiger partial charge in [-0.05, 0) is 26.8 Å². The van der Waals surface area contributed by atoms with Crippen LogP contribution in [0.15, 0.2) is 12.1 Å². The molecule has 0 unspecified atom stereocenters. The highest BCUT2D eigenvalue weighted by Gasteiger charge is 2.42. The Morgan fingerprint density at radius 1 is 0.783 bits per heavy atom. The van der Waals surface area contributed by atoms with Crippen LogP contribution in [-0.4, -0.2) is 50.0 Å². The Labute approximate surface area is 140 Å². The van der Waals surface area contributed by atoms with Crippen LogP contribution in [0.25, 0.3) is 0 Å². The lowest BCUT2D eigenvalue weighted by molar-refractivity contribution is 0.0702. The third kappa shape index (κ3) is 5.10. The second-order valence-electron chi connectivity index (χ2n) is 4.68. The number of methoxy groups -OCH3 is 3. The van der Waals surface area contributed by atoms with Gasteiger partial charge in [0.15, 0.2) is 11.5 Å². The van der Waals surface area contributed by atoms with E-state index in [1.54, 1.807) is 27.4 Å². The fourth-order valence-electron chi connectivity index (χ4n) is 2.44. The van der Waals surface area contributed by atoms with Gasteiger partial charge in [-0.2, -0.15) is 0 Å². The first-order chi connectivity index (χ1) is 11.1. The molecule has 1 aromatic rings. The summed E-state index contributed by atoms with van der Waals surface area (Å²) in [6.45, 7) is 7.37. The van der Waals surface area contributed by atoms with E-state index < -0.39 is 8.80 Å². The molecule has 0 spiro atoms. The Bertz CT molecular complexity index is 463. The number of rotatable bonds is 11. The molecule has 132 valence electrons. The van der Waals surface area contributed by atoms with Crippen LogP contribution in [-0.2, 0) is 19.3 Å². The molecule has 0 fully saturated rings. The van der Waals surface area contributed by atoms with E-state index in [1.165, 1.54) is 0 Å². The first-order valence-corrected chi connectivity index (χ1v) is 9.73. The maximum Gasteiger partial charge on any atom is 0.505 e. The Kier molecular flexibility index (Phi) is 8.39. The zero-order valence-electron chi connectivity index (χ0n) is 14.9. The van der Waals surface area contributed by atoms with E-state index in [0.29, 0.717) is 43.1 Å². The summed E-state index contributed by atoms with van der Waals surface area (Å²) < 4.78 is 34.0. The maximum absolute atomic E-state index is 5.92. The molecule has 0 saturated heterocycles. The molecule has 6 nitrogen and oxygen atoms in total. The van der Waals surface area contributed by atoms with Crippen LogP contribution in [0.3, 0.4) is 0 Å². The molecule has 7 heteroatoms. The van der Waals surface area contributed by atoms with Gasteiger partial charge in [0.2, 0.25) is 0 Å². The Hall–Kier alpha value is -1.28. The average Bonchev–Trinajstić information content (AvgIpc) is 2.54. The van der Waals surface area contributed by atoms with Crippen molar-refractivity contribution in [3.63, 3.8) is 0 Å². The highest BCUT2D eigenvalue weighted by atomic mass is 28.4. The van der Waals surface area contributed by atoms with E-state index in [1.807, 2.05) is 26.8 Å². The molecule has 23 heavy (non-hydrogen) atoms. The fourth-order valence-corrected chi connectivity index (χ4v) is 5.04. The third-order valence-electron chi connectivity index (χ3n) is 3.26. The molecule has 0 aliphatic carbocycles. The van der Waals surface area contributed by atoms with Crippen LogP contribution < -0.4 is 14.2 Å². The average molecular weight is 344 g/mol. The summed E-state index contributed by atoms with van der Waals surface area (Å²) >= 11 is 0.